The first-order valence-electron chi connectivity index (χ1n) is 6.28. The number of aromatic nitrogens is 2. The van der Waals surface area contributed by atoms with Crippen LogP contribution in [0, 0.1) is 0 Å². The SMILES string of the molecule is CNC(=O)c1ccc(N(CCN)C2CCC2)nn1. The molecule has 1 aromatic heterocycles. The van der Waals surface area contributed by atoms with E-state index in [9.17, 15) is 4.79 Å². The van der Waals surface area contributed by atoms with Gasteiger partial charge >= 0.3 is 0 Å². The number of nitrogens with zero attached hydrogens (tertiary/aromatic N) is 3. The highest BCUT2D eigenvalue weighted by molar-refractivity contribution is 5.91. The van der Waals surface area contributed by atoms with Crippen LogP contribution in [0.2, 0.25) is 0 Å². The smallest absolute Gasteiger partial charge is 0.271 e. The van der Waals surface area contributed by atoms with Gasteiger partial charge in [-0.25, -0.2) is 0 Å². The molecule has 0 saturated heterocycles. The molecule has 0 spiro atoms. The summed E-state index contributed by atoms with van der Waals surface area (Å²) in [6.07, 6.45) is 3.62. The van der Waals surface area contributed by atoms with E-state index in [0.29, 0.717) is 18.3 Å². The van der Waals surface area contributed by atoms with E-state index in [1.807, 2.05) is 6.07 Å². The molecule has 0 aromatic carbocycles. The van der Waals surface area contributed by atoms with Gasteiger partial charge in [0.1, 0.15) is 0 Å². The highest BCUT2D eigenvalue weighted by atomic mass is 16.1. The van der Waals surface area contributed by atoms with Gasteiger partial charge in [0.05, 0.1) is 0 Å². The number of nitrogens with one attached hydrogen (secondary N) is 1. The highest BCUT2D eigenvalue weighted by Gasteiger charge is 2.25. The van der Waals surface area contributed by atoms with Crippen LogP contribution in [-0.2, 0) is 0 Å². The third kappa shape index (κ3) is 2.59. The molecule has 3 N–H and O–H groups in total. The minimum atomic E-state index is -0.219. The van der Waals surface area contributed by atoms with E-state index < -0.39 is 0 Å². The van der Waals surface area contributed by atoms with Gasteiger partial charge in [0.2, 0.25) is 0 Å². The minimum absolute atomic E-state index is 0.219. The molecule has 1 saturated carbocycles. The lowest BCUT2D eigenvalue weighted by Gasteiger charge is -2.37. The molecule has 1 aliphatic rings. The van der Waals surface area contributed by atoms with E-state index >= 15 is 0 Å². The first kappa shape index (κ1) is 12.8. The molecule has 1 amide bonds. The van der Waals surface area contributed by atoms with Crippen LogP contribution in [0.15, 0.2) is 12.1 Å². The van der Waals surface area contributed by atoms with Crippen LogP contribution in [0.25, 0.3) is 0 Å². The second-order valence-corrected chi connectivity index (χ2v) is 4.42. The van der Waals surface area contributed by atoms with Crippen LogP contribution in [0.3, 0.4) is 0 Å². The predicted molar refractivity (Wildman–Crippen MR) is 69.5 cm³/mol. The van der Waals surface area contributed by atoms with E-state index in [1.165, 1.54) is 19.3 Å². The van der Waals surface area contributed by atoms with Crippen LogP contribution in [-0.4, -0.2) is 42.3 Å². The van der Waals surface area contributed by atoms with Crippen molar-refractivity contribution in [3.05, 3.63) is 17.8 Å². The normalized spacial score (nSPS) is 15.0. The Balaban J connectivity index is 2.12. The Morgan fingerprint density at radius 3 is 2.72 bits per heavy atom. The van der Waals surface area contributed by atoms with E-state index in [4.69, 9.17) is 5.73 Å². The molecule has 1 aliphatic carbocycles. The number of anilines is 1. The topological polar surface area (TPSA) is 84.1 Å². The van der Waals surface area contributed by atoms with Crippen LogP contribution in [0.1, 0.15) is 29.8 Å². The first-order chi connectivity index (χ1) is 8.76. The Bertz CT molecular complexity index is 401. The first-order valence-corrected chi connectivity index (χ1v) is 6.28. The van der Waals surface area contributed by atoms with Crippen LogP contribution < -0.4 is 16.0 Å². The lowest BCUT2D eigenvalue weighted by molar-refractivity contribution is 0.0957. The van der Waals surface area contributed by atoms with Crippen molar-refractivity contribution in [3.8, 4) is 0 Å². The average molecular weight is 249 g/mol. The molecule has 98 valence electrons. The molecule has 2 rings (SSSR count). The van der Waals surface area contributed by atoms with Gasteiger partial charge in [-0.2, -0.15) is 0 Å². The molecule has 0 unspecified atom stereocenters. The molecular formula is C12H19N5O. The Labute approximate surface area is 107 Å². The van der Waals surface area contributed by atoms with Crippen LogP contribution in [0.5, 0.6) is 0 Å². The summed E-state index contributed by atoms with van der Waals surface area (Å²) >= 11 is 0. The molecule has 0 atom stereocenters. The fourth-order valence-corrected chi connectivity index (χ4v) is 2.05. The Morgan fingerprint density at radius 2 is 2.28 bits per heavy atom. The maximum atomic E-state index is 11.4. The minimum Gasteiger partial charge on any atom is -0.354 e. The Hall–Kier alpha value is -1.69. The number of carbonyl (C=O) groups is 1. The van der Waals surface area contributed by atoms with Gasteiger partial charge in [-0.15, -0.1) is 10.2 Å². The van der Waals surface area contributed by atoms with E-state index in [-0.39, 0.29) is 5.91 Å². The number of rotatable bonds is 5. The van der Waals surface area contributed by atoms with Crippen LogP contribution in [0.4, 0.5) is 5.82 Å². The van der Waals surface area contributed by atoms with Crippen molar-refractivity contribution in [2.45, 2.75) is 25.3 Å². The number of hydrogen-bond donors (Lipinski definition) is 2. The number of carbonyl (C=O) groups excluding carboxylic acids is 1. The molecule has 1 aromatic rings. The van der Waals surface area contributed by atoms with Crippen molar-refractivity contribution >= 4 is 11.7 Å². The van der Waals surface area contributed by atoms with Gasteiger partial charge in [0.15, 0.2) is 11.5 Å². The summed E-state index contributed by atoms with van der Waals surface area (Å²) in [4.78, 5) is 13.6. The standard InChI is InChI=1S/C12H19N5O/c1-14-12(18)10-5-6-11(16-15-10)17(8-7-13)9-3-2-4-9/h5-6,9H,2-4,7-8,13H2,1H3,(H,14,18). The number of nitrogens with two attached hydrogens (primary N) is 1. The van der Waals surface area contributed by atoms with Gasteiger partial charge in [0, 0.05) is 26.2 Å². The van der Waals surface area contributed by atoms with Gasteiger partial charge in [-0.05, 0) is 31.4 Å². The van der Waals surface area contributed by atoms with Gasteiger partial charge in [-0.1, -0.05) is 0 Å². The van der Waals surface area contributed by atoms with Crippen molar-refractivity contribution in [3.63, 3.8) is 0 Å². The molecule has 6 heteroatoms. The molecule has 0 bridgehead atoms. The zero-order valence-corrected chi connectivity index (χ0v) is 10.6. The maximum Gasteiger partial charge on any atom is 0.271 e. The van der Waals surface area contributed by atoms with Gasteiger partial charge in [0.25, 0.3) is 5.91 Å². The van der Waals surface area contributed by atoms with Crippen molar-refractivity contribution in [2.24, 2.45) is 5.73 Å². The third-order valence-electron chi connectivity index (χ3n) is 3.29. The van der Waals surface area contributed by atoms with E-state index in [2.05, 4.69) is 20.4 Å². The van der Waals surface area contributed by atoms with E-state index in [1.54, 1.807) is 13.1 Å². The number of hydrogen-bond acceptors (Lipinski definition) is 5. The quantitative estimate of drug-likeness (QED) is 0.776. The third-order valence-corrected chi connectivity index (χ3v) is 3.29. The largest absolute Gasteiger partial charge is 0.354 e. The summed E-state index contributed by atoms with van der Waals surface area (Å²) in [5, 5.41) is 10.6. The average Bonchev–Trinajstić information content (AvgIpc) is 2.35. The zero-order chi connectivity index (χ0) is 13.0. The molecule has 18 heavy (non-hydrogen) atoms. The van der Waals surface area contributed by atoms with Crippen LogP contribution >= 0.6 is 0 Å². The van der Waals surface area contributed by atoms with Crippen molar-refractivity contribution in [1.29, 1.82) is 0 Å². The number of amides is 1. The van der Waals surface area contributed by atoms with Crippen molar-refractivity contribution in [2.75, 3.05) is 25.0 Å². The lowest BCUT2D eigenvalue weighted by atomic mass is 9.91. The molecule has 0 radical (unpaired) electrons. The molecule has 1 heterocycles. The Morgan fingerprint density at radius 1 is 1.50 bits per heavy atom. The monoisotopic (exact) mass is 249 g/mol. The highest BCUT2D eigenvalue weighted by Crippen LogP contribution is 2.27. The second kappa shape index (κ2) is 5.77. The summed E-state index contributed by atoms with van der Waals surface area (Å²) in [7, 11) is 1.58. The lowest BCUT2D eigenvalue weighted by Crippen LogP contribution is -2.43. The van der Waals surface area contributed by atoms with E-state index in [0.717, 1.165) is 12.4 Å². The summed E-state index contributed by atoms with van der Waals surface area (Å²) < 4.78 is 0. The molecular weight excluding hydrogens is 230 g/mol. The van der Waals surface area contributed by atoms with Crippen molar-refractivity contribution in [1.82, 2.24) is 15.5 Å². The molecule has 6 nitrogen and oxygen atoms in total. The fourth-order valence-electron chi connectivity index (χ4n) is 2.05. The second-order valence-electron chi connectivity index (χ2n) is 4.42. The van der Waals surface area contributed by atoms with Crippen molar-refractivity contribution < 1.29 is 4.79 Å². The Kier molecular flexibility index (Phi) is 4.09. The zero-order valence-electron chi connectivity index (χ0n) is 10.6. The van der Waals surface area contributed by atoms with Gasteiger partial charge in [-0.3, -0.25) is 4.79 Å². The summed E-state index contributed by atoms with van der Waals surface area (Å²) in [5.41, 5.74) is 5.96. The molecule has 1 fully saturated rings. The van der Waals surface area contributed by atoms with Gasteiger partial charge < -0.3 is 16.0 Å². The molecule has 0 aliphatic heterocycles. The fraction of sp³-hybridized carbons (Fsp3) is 0.583. The summed E-state index contributed by atoms with van der Waals surface area (Å²) in [6.45, 7) is 1.37. The maximum absolute atomic E-state index is 11.4. The predicted octanol–water partition coefficient (Wildman–Crippen LogP) is 0.154. The summed E-state index contributed by atoms with van der Waals surface area (Å²) in [6, 6.07) is 4.06. The summed E-state index contributed by atoms with van der Waals surface area (Å²) in [5.74, 6) is 0.584.